The quantitative estimate of drug-likeness (QED) is 0.634. The largest absolute Gasteiger partial charge is 0.0827 e. The van der Waals surface area contributed by atoms with E-state index in [1.807, 2.05) is 6.07 Å². The van der Waals surface area contributed by atoms with Gasteiger partial charge in [0.05, 0.1) is 10.0 Å². The lowest BCUT2D eigenvalue weighted by Gasteiger charge is -2.12. The van der Waals surface area contributed by atoms with Crippen LogP contribution < -0.4 is 5.19 Å². The summed E-state index contributed by atoms with van der Waals surface area (Å²) < 4.78 is 0. The molecule has 0 radical (unpaired) electrons. The monoisotopic (exact) mass is 218 g/mol. The highest BCUT2D eigenvalue weighted by atomic mass is 35.5. The van der Waals surface area contributed by atoms with Crippen LogP contribution in [-0.2, 0) is 0 Å². The Balaban J connectivity index is 3.33. The van der Waals surface area contributed by atoms with Gasteiger partial charge in [0.15, 0.2) is 0 Å². The van der Waals surface area contributed by atoms with Crippen LogP contribution in [0, 0.1) is 0 Å². The van der Waals surface area contributed by atoms with E-state index in [0.717, 1.165) is 15.3 Å². The van der Waals surface area contributed by atoms with Crippen LogP contribution in [0.5, 0.6) is 0 Å². The first-order valence-corrected chi connectivity index (χ1v) is 5.74. The van der Waals surface area contributed by atoms with Gasteiger partial charge < -0.3 is 0 Å². The summed E-state index contributed by atoms with van der Waals surface area (Å²) in [6.07, 6.45) is 0. The Morgan fingerprint density at radius 3 is 2.25 bits per heavy atom. The predicted octanol–water partition coefficient (Wildman–Crippen LogP) is 2.11. The van der Waals surface area contributed by atoms with Crippen LogP contribution in [0.15, 0.2) is 12.1 Å². The van der Waals surface area contributed by atoms with Crippen molar-refractivity contribution in [3.05, 3.63) is 27.7 Å². The normalized spacial score (nSPS) is 11.1. The first kappa shape index (κ1) is 10.1. The van der Waals surface area contributed by atoms with E-state index in [2.05, 4.69) is 19.9 Å². The molecule has 0 fully saturated rings. The minimum Gasteiger partial charge on any atom is -0.0827 e. The second-order valence-corrected chi connectivity index (χ2v) is 5.11. The van der Waals surface area contributed by atoms with Gasteiger partial charge in [0, 0.05) is 10.2 Å². The minimum atomic E-state index is 0.462. The first-order chi connectivity index (χ1) is 5.54. The average molecular weight is 219 g/mol. The number of halogens is 2. The third-order valence-electron chi connectivity index (χ3n) is 1.93. The van der Waals surface area contributed by atoms with Gasteiger partial charge in [0.25, 0.3) is 0 Å². The van der Waals surface area contributed by atoms with Gasteiger partial charge in [0.1, 0.15) is 0 Å². The molecule has 1 rings (SSSR count). The Morgan fingerprint density at radius 2 is 1.83 bits per heavy atom. The second-order valence-electron chi connectivity index (χ2n) is 3.25. The van der Waals surface area contributed by atoms with Gasteiger partial charge in [-0.3, -0.25) is 0 Å². The molecule has 0 heterocycles. The summed E-state index contributed by atoms with van der Waals surface area (Å²) >= 11 is 12.0. The highest BCUT2D eigenvalue weighted by Gasteiger charge is 2.10. The summed E-state index contributed by atoms with van der Waals surface area (Å²) in [6, 6.07) is 3.94. The smallest absolute Gasteiger partial charge is 0.0625 e. The molecule has 0 N–H and O–H groups in total. The summed E-state index contributed by atoms with van der Waals surface area (Å²) in [7, 11) is 1.03. The molecule has 0 atom stereocenters. The lowest BCUT2D eigenvalue weighted by atomic mass is 10.0. The highest BCUT2D eigenvalue weighted by molar-refractivity contribution is 6.44. The summed E-state index contributed by atoms with van der Waals surface area (Å²) in [5.74, 6) is 0.462. The van der Waals surface area contributed by atoms with Crippen LogP contribution in [-0.4, -0.2) is 10.2 Å². The average Bonchev–Trinajstić information content (AvgIpc) is 1.97. The second kappa shape index (κ2) is 3.82. The first-order valence-electron chi connectivity index (χ1n) is 3.98. The summed E-state index contributed by atoms with van der Waals surface area (Å²) in [5, 5.41) is 2.75. The summed E-state index contributed by atoms with van der Waals surface area (Å²) in [5.41, 5.74) is 1.22. The maximum absolute atomic E-state index is 6.08. The van der Waals surface area contributed by atoms with E-state index in [0.29, 0.717) is 10.9 Å². The van der Waals surface area contributed by atoms with Gasteiger partial charge in [-0.05, 0) is 17.5 Å². The zero-order valence-electron chi connectivity index (χ0n) is 7.49. The molecular weight excluding hydrogens is 207 g/mol. The van der Waals surface area contributed by atoms with E-state index < -0.39 is 0 Å². The number of hydrogen-bond donors (Lipinski definition) is 0. The molecule has 0 bridgehead atoms. The molecule has 0 aliphatic carbocycles. The van der Waals surface area contributed by atoms with Crippen molar-refractivity contribution >= 4 is 38.6 Å². The molecule has 0 saturated heterocycles. The number of hydrogen-bond acceptors (Lipinski definition) is 0. The van der Waals surface area contributed by atoms with E-state index in [-0.39, 0.29) is 0 Å². The van der Waals surface area contributed by atoms with Gasteiger partial charge in [-0.25, -0.2) is 0 Å². The van der Waals surface area contributed by atoms with Crippen LogP contribution in [0.4, 0.5) is 0 Å². The standard InChI is InChI=1S/C9H12Cl2Si/c1-5(2)8-7(12)4-3-6(10)9(8)11/h3-5H,1-2,12H3. The lowest BCUT2D eigenvalue weighted by molar-refractivity contribution is 0.874. The zero-order valence-corrected chi connectivity index (χ0v) is 11.0. The Morgan fingerprint density at radius 1 is 1.25 bits per heavy atom. The molecule has 1 aromatic carbocycles. The van der Waals surface area contributed by atoms with Crippen LogP contribution in [0.3, 0.4) is 0 Å². The molecule has 3 heteroatoms. The maximum Gasteiger partial charge on any atom is 0.0625 e. The van der Waals surface area contributed by atoms with E-state index in [9.17, 15) is 0 Å². The van der Waals surface area contributed by atoms with Crippen molar-refractivity contribution < 1.29 is 0 Å². The fraction of sp³-hybridized carbons (Fsp3) is 0.333. The Labute approximate surface area is 86.3 Å². The topological polar surface area (TPSA) is 0 Å². The van der Waals surface area contributed by atoms with Crippen LogP contribution in [0.2, 0.25) is 10.0 Å². The summed E-state index contributed by atoms with van der Waals surface area (Å²) in [6.45, 7) is 4.28. The van der Waals surface area contributed by atoms with Crippen molar-refractivity contribution in [3.63, 3.8) is 0 Å². The van der Waals surface area contributed by atoms with E-state index in [1.54, 1.807) is 0 Å². The van der Waals surface area contributed by atoms with E-state index in [4.69, 9.17) is 23.2 Å². The molecule has 0 nitrogen and oxygen atoms in total. The Bertz CT molecular complexity index is 295. The van der Waals surface area contributed by atoms with Gasteiger partial charge in [0.2, 0.25) is 0 Å². The molecule has 12 heavy (non-hydrogen) atoms. The van der Waals surface area contributed by atoms with Crippen molar-refractivity contribution in [2.75, 3.05) is 0 Å². The van der Waals surface area contributed by atoms with Gasteiger partial charge >= 0.3 is 0 Å². The molecule has 0 aliphatic rings. The zero-order chi connectivity index (χ0) is 9.30. The van der Waals surface area contributed by atoms with Crippen molar-refractivity contribution in [1.82, 2.24) is 0 Å². The molecule has 0 aliphatic heterocycles. The number of benzene rings is 1. The van der Waals surface area contributed by atoms with Gasteiger partial charge in [-0.2, -0.15) is 0 Å². The molecule has 1 aromatic rings. The molecular formula is C9H12Cl2Si. The van der Waals surface area contributed by atoms with Crippen LogP contribution in [0.1, 0.15) is 25.3 Å². The minimum absolute atomic E-state index is 0.462. The molecule has 0 saturated carbocycles. The highest BCUT2D eigenvalue weighted by Crippen LogP contribution is 2.28. The Hall–Kier alpha value is 0.0169. The number of rotatable bonds is 1. The van der Waals surface area contributed by atoms with Crippen molar-refractivity contribution in [2.24, 2.45) is 0 Å². The van der Waals surface area contributed by atoms with Crippen molar-refractivity contribution in [1.29, 1.82) is 0 Å². The van der Waals surface area contributed by atoms with E-state index in [1.165, 1.54) is 10.8 Å². The summed E-state index contributed by atoms with van der Waals surface area (Å²) in [4.78, 5) is 0. The van der Waals surface area contributed by atoms with Crippen molar-refractivity contribution in [2.45, 2.75) is 19.8 Å². The maximum atomic E-state index is 6.08. The molecule has 0 amide bonds. The van der Waals surface area contributed by atoms with Gasteiger partial charge in [-0.1, -0.05) is 48.3 Å². The van der Waals surface area contributed by atoms with Crippen LogP contribution >= 0.6 is 23.2 Å². The van der Waals surface area contributed by atoms with Gasteiger partial charge in [-0.15, -0.1) is 0 Å². The van der Waals surface area contributed by atoms with Crippen molar-refractivity contribution in [3.8, 4) is 0 Å². The predicted molar refractivity (Wildman–Crippen MR) is 60.1 cm³/mol. The van der Waals surface area contributed by atoms with Crippen LogP contribution in [0.25, 0.3) is 0 Å². The molecule has 0 spiro atoms. The third kappa shape index (κ3) is 1.84. The van der Waals surface area contributed by atoms with E-state index >= 15 is 0 Å². The molecule has 0 aromatic heterocycles. The lowest BCUT2D eigenvalue weighted by Crippen LogP contribution is -2.12. The molecule has 0 unspecified atom stereocenters. The third-order valence-corrected chi connectivity index (χ3v) is 3.62. The fourth-order valence-electron chi connectivity index (χ4n) is 1.37. The SMILES string of the molecule is CC(C)c1c([SiH3])ccc(Cl)c1Cl. The Kier molecular flexibility index (Phi) is 3.21. The molecule has 66 valence electrons. The fourth-order valence-corrected chi connectivity index (χ4v) is 3.12.